The first-order valence-electron chi connectivity index (χ1n) is 6.36. The van der Waals surface area contributed by atoms with Gasteiger partial charge in [0.05, 0.1) is 0 Å². The van der Waals surface area contributed by atoms with Gasteiger partial charge in [0.25, 0.3) is 0 Å². The third-order valence-corrected chi connectivity index (χ3v) is 3.67. The lowest BCUT2D eigenvalue weighted by atomic mass is 10.1. The summed E-state index contributed by atoms with van der Waals surface area (Å²) in [5, 5.41) is 3.50. The summed E-state index contributed by atoms with van der Waals surface area (Å²) in [5.41, 5.74) is 0.956. The summed E-state index contributed by atoms with van der Waals surface area (Å²) in [4.78, 5) is 0. The predicted octanol–water partition coefficient (Wildman–Crippen LogP) is 4.08. The Morgan fingerprint density at radius 3 is 2.68 bits per heavy atom. The van der Waals surface area contributed by atoms with Crippen molar-refractivity contribution in [2.75, 3.05) is 12.0 Å². The Kier molecular flexibility index (Phi) is 7.16. The van der Waals surface area contributed by atoms with Gasteiger partial charge in [-0.3, -0.25) is 0 Å². The number of alkyl halides is 2. The minimum Gasteiger partial charge on any atom is -0.435 e. The summed E-state index contributed by atoms with van der Waals surface area (Å²) in [6.45, 7) is 1.39. The lowest BCUT2D eigenvalue weighted by molar-refractivity contribution is -0.0499. The van der Waals surface area contributed by atoms with Crippen LogP contribution in [0.1, 0.15) is 31.9 Å². The van der Waals surface area contributed by atoms with Crippen molar-refractivity contribution in [3.8, 4) is 5.75 Å². The molecule has 2 atom stereocenters. The molecule has 1 N–H and O–H groups in total. The van der Waals surface area contributed by atoms with Gasteiger partial charge in [0.15, 0.2) is 0 Å². The maximum Gasteiger partial charge on any atom is 0.387 e. The second-order valence-electron chi connectivity index (χ2n) is 4.40. The van der Waals surface area contributed by atoms with E-state index in [0.29, 0.717) is 6.04 Å². The van der Waals surface area contributed by atoms with E-state index in [1.807, 2.05) is 13.0 Å². The molecule has 0 spiro atoms. The zero-order chi connectivity index (χ0) is 14.3. The smallest absolute Gasteiger partial charge is 0.387 e. The Balaban J connectivity index is 2.67. The van der Waals surface area contributed by atoms with Gasteiger partial charge >= 0.3 is 6.61 Å². The van der Waals surface area contributed by atoms with Crippen LogP contribution in [0, 0.1) is 0 Å². The van der Waals surface area contributed by atoms with Crippen molar-refractivity contribution in [1.82, 2.24) is 5.32 Å². The summed E-state index contributed by atoms with van der Waals surface area (Å²) < 4.78 is 28.8. The van der Waals surface area contributed by atoms with Crippen molar-refractivity contribution in [2.24, 2.45) is 0 Å². The molecule has 0 aliphatic carbocycles. The summed E-state index contributed by atoms with van der Waals surface area (Å²) in [5.74, 6) is 1.24. The lowest BCUT2D eigenvalue weighted by Crippen LogP contribution is -2.32. The number of benzene rings is 1. The Labute approximate surface area is 117 Å². The zero-order valence-corrected chi connectivity index (χ0v) is 12.3. The largest absolute Gasteiger partial charge is 0.435 e. The van der Waals surface area contributed by atoms with E-state index in [4.69, 9.17) is 0 Å². The van der Waals surface area contributed by atoms with Crippen LogP contribution >= 0.6 is 11.8 Å². The lowest BCUT2D eigenvalue weighted by Gasteiger charge is -2.22. The molecule has 0 aromatic heterocycles. The van der Waals surface area contributed by atoms with Gasteiger partial charge in [0.2, 0.25) is 0 Å². The second kappa shape index (κ2) is 8.38. The van der Waals surface area contributed by atoms with Gasteiger partial charge < -0.3 is 10.1 Å². The first-order chi connectivity index (χ1) is 9.06. The maximum absolute atomic E-state index is 12.2. The Morgan fingerprint density at radius 1 is 1.37 bits per heavy atom. The molecule has 108 valence electrons. The van der Waals surface area contributed by atoms with E-state index in [9.17, 15) is 8.78 Å². The highest BCUT2D eigenvalue weighted by Gasteiger charge is 2.12. The van der Waals surface area contributed by atoms with Crippen molar-refractivity contribution in [3.05, 3.63) is 29.8 Å². The molecule has 0 radical (unpaired) electrons. The highest BCUT2D eigenvalue weighted by molar-refractivity contribution is 7.98. The molecule has 1 aromatic carbocycles. The first-order valence-corrected chi connectivity index (χ1v) is 7.76. The van der Waals surface area contributed by atoms with Crippen LogP contribution in [0.15, 0.2) is 24.3 Å². The van der Waals surface area contributed by atoms with E-state index in [-0.39, 0.29) is 11.8 Å². The molecule has 19 heavy (non-hydrogen) atoms. The molecule has 1 aromatic rings. The molecular formula is C14H21F2NOS. The van der Waals surface area contributed by atoms with Crippen molar-refractivity contribution in [2.45, 2.75) is 39.0 Å². The second-order valence-corrected chi connectivity index (χ2v) is 5.31. The molecule has 0 aliphatic rings. The number of rotatable bonds is 8. The van der Waals surface area contributed by atoms with Crippen LogP contribution in [0.5, 0.6) is 5.75 Å². The maximum atomic E-state index is 12.2. The Morgan fingerprint density at radius 2 is 2.11 bits per heavy atom. The van der Waals surface area contributed by atoms with Crippen LogP contribution in [-0.2, 0) is 0 Å². The van der Waals surface area contributed by atoms with Gasteiger partial charge in [-0.1, -0.05) is 19.1 Å². The predicted molar refractivity (Wildman–Crippen MR) is 77.1 cm³/mol. The van der Waals surface area contributed by atoms with Crippen LogP contribution in [0.4, 0.5) is 8.78 Å². The van der Waals surface area contributed by atoms with Gasteiger partial charge in [0, 0.05) is 17.8 Å². The molecule has 5 heteroatoms. The summed E-state index contributed by atoms with van der Waals surface area (Å²) in [7, 11) is 0. The van der Waals surface area contributed by atoms with Crippen LogP contribution in [0.25, 0.3) is 0 Å². The average molecular weight is 289 g/mol. The first kappa shape index (κ1) is 16.2. The van der Waals surface area contributed by atoms with Gasteiger partial charge in [0.1, 0.15) is 5.75 Å². The highest BCUT2D eigenvalue weighted by atomic mass is 32.2. The third kappa shape index (κ3) is 5.78. The zero-order valence-electron chi connectivity index (χ0n) is 11.5. The topological polar surface area (TPSA) is 21.3 Å². The van der Waals surface area contributed by atoms with E-state index in [2.05, 4.69) is 23.2 Å². The van der Waals surface area contributed by atoms with Crippen molar-refractivity contribution in [1.29, 1.82) is 0 Å². The number of nitrogens with one attached hydrogen (secondary N) is 1. The van der Waals surface area contributed by atoms with Crippen LogP contribution in [-0.4, -0.2) is 24.7 Å². The van der Waals surface area contributed by atoms with Crippen molar-refractivity contribution in [3.63, 3.8) is 0 Å². The SMILES string of the molecule is CCC(CSC)NC(C)c1cccc(OC(F)F)c1. The number of halogens is 2. The molecule has 0 bridgehead atoms. The van der Waals surface area contributed by atoms with Gasteiger partial charge in [-0.2, -0.15) is 20.5 Å². The summed E-state index contributed by atoms with van der Waals surface area (Å²) >= 11 is 1.80. The standard InChI is InChI=1S/C14H21F2NOS/c1-4-12(9-19-3)17-10(2)11-6-5-7-13(8-11)18-14(15)16/h5-8,10,12,14,17H,4,9H2,1-3H3. The minimum absolute atomic E-state index is 0.110. The molecule has 0 aliphatic heterocycles. The summed E-state index contributed by atoms with van der Waals surface area (Å²) in [6.07, 6.45) is 3.12. The fourth-order valence-electron chi connectivity index (χ4n) is 1.89. The molecule has 2 unspecified atom stereocenters. The number of hydrogen-bond acceptors (Lipinski definition) is 3. The van der Waals surface area contributed by atoms with E-state index < -0.39 is 6.61 Å². The number of hydrogen-bond donors (Lipinski definition) is 1. The van der Waals surface area contributed by atoms with Crippen LogP contribution in [0.2, 0.25) is 0 Å². The number of ether oxygens (including phenoxy) is 1. The van der Waals surface area contributed by atoms with Crippen molar-refractivity contribution >= 4 is 11.8 Å². The monoisotopic (exact) mass is 289 g/mol. The highest BCUT2D eigenvalue weighted by Crippen LogP contribution is 2.21. The molecule has 0 saturated heterocycles. The molecule has 2 nitrogen and oxygen atoms in total. The molecule has 0 heterocycles. The van der Waals surface area contributed by atoms with Gasteiger partial charge in [-0.15, -0.1) is 0 Å². The summed E-state index contributed by atoms with van der Waals surface area (Å²) in [6, 6.07) is 7.39. The minimum atomic E-state index is -2.78. The molecule has 0 saturated carbocycles. The fourth-order valence-corrected chi connectivity index (χ4v) is 2.63. The van der Waals surface area contributed by atoms with Crippen molar-refractivity contribution < 1.29 is 13.5 Å². The molecule has 1 rings (SSSR count). The molecular weight excluding hydrogens is 268 g/mol. The third-order valence-electron chi connectivity index (χ3n) is 2.93. The normalized spacial score (nSPS) is 14.4. The average Bonchev–Trinajstić information content (AvgIpc) is 2.37. The fraction of sp³-hybridized carbons (Fsp3) is 0.571. The van der Waals surface area contributed by atoms with Crippen LogP contribution in [0.3, 0.4) is 0 Å². The Bertz CT molecular complexity index is 376. The van der Waals surface area contributed by atoms with E-state index in [1.54, 1.807) is 30.0 Å². The van der Waals surface area contributed by atoms with E-state index >= 15 is 0 Å². The van der Waals surface area contributed by atoms with Gasteiger partial charge in [-0.05, 0) is 37.3 Å². The van der Waals surface area contributed by atoms with E-state index in [1.165, 1.54) is 0 Å². The van der Waals surface area contributed by atoms with Crippen LogP contribution < -0.4 is 10.1 Å². The quantitative estimate of drug-likeness (QED) is 0.779. The number of thioether (sulfide) groups is 1. The molecule has 0 fully saturated rings. The molecule has 0 amide bonds. The Hall–Kier alpha value is -0.810. The van der Waals surface area contributed by atoms with E-state index in [0.717, 1.165) is 17.7 Å². The van der Waals surface area contributed by atoms with Gasteiger partial charge in [-0.25, -0.2) is 0 Å².